The van der Waals surface area contributed by atoms with Crippen LogP contribution in [-0.2, 0) is 6.54 Å². The molecule has 3 aromatic rings. The zero-order chi connectivity index (χ0) is 16.7. The summed E-state index contributed by atoms with van der Waals surface area (Å²) in [6.45, 7) is 6.42. The topological polar surface area (TPSA) is 7.12 Å². The van der Waals surface area contributed by atoms with E-state index < -0.39 is 0 Å². The molecule has 0 unspecified atom stereocenters. The lowest BCUT2D eigenvalue weighted by Crippen LogP contribution is -2.33. The smallest absolute Gasteiger partial charge is 0.265 e. The van der Waals surface area contributed by atoms with Crippen molar-refractivity contribution in [2.75, 3.05) is 11.4 Å². The van der Waals surface area contributed by atoms with Gasteiger partial charge < -0.3 is 4.90 Å². The van der Waals surface area contributed by atoms with Crippen molar-refractivity contribution in [3.8, 4) is 0 Å². The van der Waals surface area contributed by atoms with E-state index in [2.05, 4.69) is 94.4 Å². The van der Waals surface area contributed by atoms with Crippen molar-refractivity contribution in [2.45, 2.75) is 25.3 Å². The van der Waals surface area contributed by atoms with Crippen LogP contribution < -0.4 is 9.47 Å². The molecule has 0 aliphatic carbocycles. The number of thiazole rings is 1. The summed E-state index contributed by atoms with van der Waals surface area (Å²) in [5.74, 6) is 0. The molecule has 0 fully saturated rings. The normalized spacial score (nSPS) is 15.5. The number of aromatic nitrogens is 1. The van der Waals surface area contributed by atoms with Gasteiger partial charge >= 0.3 is 0 Å². The van der Waals surface area contributed by atoms with Crippen LogP contribution in [0, 0.1) is 3.57 Å². The van der Waals surface area contributed by atoms with E-state index in [1.54, 1.807) is 0 Å². The lowest BCUT2D eigenvalue weighted by atomic mass is 10.3. The second-order valence-electron chi connectivity index (χ2n) is 5.59. The molecule has 0 saturated heterocycles. The Morgan fingerprint density at radius 3 is 2.79 bits per heavy atom. The third kappa shape index (κ3) is 2.76. The van der Waals surface area contributed by atoms with Crippen molar-refractivity contribution in [3.63, 3.8) is 0 Å². The van der Waals surface area contributed by atoms with E-state index in [4.69, 9.17) is 0 Å². The average molecular weight is 465 g/mol. The van der Waals surface area contributed by atoms with Gasteiger partial charge in [0.25, 0.3) is 5.01 Å². The van der Waals surface area contributed by atoms with Crippen LogP contribution in [0.4, 0.5) is 5.69 Å². The molecule has 5 heteroatoms. The van der Waals surface area contributed by atoms with E-state index in [0.717, 1.165) is 13.1 Å². The number of fused-ring (bicyclic) bond motifs is 2. The molecule has 4 rings (SSSR count). The van der Waals surface area contributed by atoms with Crippen LogP contribution >= 0.6 is 45.7 Å². The number of hydrogen-bond donors (Lipinski definition) is 0. The first-order valence-electron chi connectivity index (χ1n) is 8.09. The van der Waals surface area contributed by atoms with E-state index in [1.807, 2.05) is 23.1 Å². The van der Waals surface area contributed by atoms with Crippen molar-refractivity contribution in [3.05, 3.63) is 56.1 Å². The summed E-state index contributed by atoms with van der Waals surface area (Å²) in [6.07, 6.45) is 2.36. The molecule has 0 saturated carbocycles. The molecule has 2 nitrogen and oxygen atoms in total. The molecular weight excluding hydrogens is 447 g/mol. The zero-order valence-electron chi connectivity index (χ0n) is 13.6. The van der Waals surface area contributed by atoms with Gasteiger partial charge in [0.2, 0.25) is 5.52 Å². The third-order valence-corrected chi connectivity index (χ3v) is 7.10. The Morgan fingerprint density at radius 2 is 2.00 bits per heavy atom. The molecule has 0 N–H and O–H groups in total. The average Bonchev–Trinajstić information content (AvgIpc) is 3.11. The molecule has 0 atom stereocenters. The molecule has 2 heterocycles. The van der Waals surface area contributed by atoms with Gasteiger partial charge in [-0.1, -0.05) is 35.2 Å². The number of anilines is 1. The van der Waals surface area contributed by atoms with Crippen molar-refractivity contribution >= 4 is 67.7 Å². The fraction of sp³-hybridized carbons (Fsp3) is 0.211. The molecule has 0 bridgehead atoms. The molecule has 0 radical (unpaired) electrons. The number of rotatable bonds is 3. The third-order valence-electron chi connectivity index (χ3n) is 4.21. The van der Waals surface area contributed by atoms with E-state index >= 15 is 0 Å². The minimum absolute atomic E-state index is 0.989. The van der Waals surface area contributed by atoms with E-state index in [1.165, 1.54) is 34.4 Å². The van der Waals surface area contributed by atoms with Gasteiger partial charge in [0, 0.05) is 21.1 Å². The molecule has 0 amide bonds. The van der Waals surface area contributed by atoms with Crippen molar-refractivity contribution < 1.29 is 4.57 Å². The second kappa shape index (κ2) is 6.69. The van der Waals surface area contributed by atoms with Crippen molar-refractivity contribution in [1.82, 2.24) is 0 Å². The van der Waals surface area contributed by atoms with Crippen LogP contribution in [-0.4, -0.2) is 6.54 Å². The second-order valence-corrected chi connectivity index (χ2v) is 8.96. The van der Waals surface area contributed by atoms with Crippen LogP contribution in [0.5, 0.6) is 0 Å². The lowest BCUT2D eigenvalue weighted by Gasteiger charge is -2.17. The Kier molecular flexibility index (Phi) is 4.58. The van der Waals surface area contributed by atoms with E-state index in [0.29, 0.717) is 0 Å². The Morgan fingerprint density at radius 1 is 1.17 bits per heavy atom. The summed E-state index contributed by atoms with van der Waals surface area (Å²) in [6, 6.07) is 15.4. The van der Waals surface area contributed by atoms with Gasteiger partial charge in [-0.15, -0.1) is 0 Å². The molecule has 0 spiro atoms. The molecule has 1 aliphatic rings. The Labute approximate surface area is 164 Å². The molecule has 122 valence electrons. The highest BCUT2D eigenvalue weighted by Gasteiger charge is 2.26. The van der Waals surface area contributed by atoms with E-state index in [9.17, 15) is 0 Å². The van der Waals surface area contributed by atoms with Gasteiger partial charge in [-0.2, -0.15) is 4.57 Å². The highest BCUT2D eigenvalue weighted by atomic mass is 127. The SMILES string of the molecule is CCN1C(=Cc2sc3ccccc3[n+]2CC)Sc2ccc(I)cc21. The summed E-state index contributed by atoms with van der Waals surface area (Å²) in [5, 5.41) is 2.64. The van der Waals surface area contributed by atoms with Gasteiger partial charge in [-0.25, -0.2) is 0 Å². The van der Waals surface area contributed by atoms with Crippen LogP contribution in [0.3, 0.4) is 0 Å². The molecular formula is C19H18IN2S2+. The number of thioether (sulfide) groups is 1. The van der Waals surface area contributed by atoms with E-state index in [-0.39, 0.29) is 0 Å². The number of nitrogens with zero attached hydrogens (tertiary/aromatic N) is 2. The number of aryl methyl sites for hydroxylation is 1. The predicted octanol–water partition coefficient (Wildman–Crippen LogP) is 5.74. The maximum Gasteiger partial charge on any atom is 0.265 e. The van der Waals surface area contributed by atoms with Gasteiger partial charge in [0.05, 0.1) is 16.8 Å². The van der Waals surface area contributed by atoms with Crippen LogP contribution in [0.1, 0.15) is 18.9 Å². The molecule has 1 aliphatic heterocycles. The first-order valence-corrected chi connectivity index (χ1v) is 10.8. The standard InChI is InChI=1S/C19H18IN2S2/c1-3-21-14-7-5-6-8-16(14)23-18(21)12-19-22(4-2)15-11-13(20)9-10-17(15)24-19/h5-12H,3-4H2,1-2H3/q+1. The predicted molar refractivity (Wildman–Crippen MR) is 114 cm³/mol. The summed E-state index contributed by atoms with van der Waals surface area (Å²) in [4.78, 5) is 3.78. The first kappa shape index (κ1) is 16.4. The lowest BCUT2D eigenvalue weighted by molar-refractivity contribution is -0.665. The first-order chi connectivity index (χ1) is 11.7. The van der Waals surface area contributed by atoms with Gasteiger partial charge in [0.15, 0.2) is 0 Å². The highest BCUT2D eigenvalue weighted by Crippen LogP contribution is 2.47. The van der Waals surface area contributed by atoms with Gasteiger partial charge in [-0.05, 0) is 60.7 Å². The summed E-state index contributed by atoms with van der Waals surface area (Å²) in [7, 11) is 0. The monoisotopic (exact) mass is 465 g/mol. The number of hydrogen-bond acceptors (Lipinski definition) is 3. The number of benzene rings is 2. The van der Waals surface area contributed by atoms with Crippen LogP contribution in [0.15, 0.2) is 52.4 Å². The summed E-state index contributed by atoms with van der Waals surface area (Å²) >= 11 is 6.15. The Balaban J connectivity index is 1.82. The Hall–Kier alpha value is -1.05. The van der Waals surface area contributed by atoms with Gasteiger partial charge in [-0.3, -0.25) is 0 Å². The molecule has 2 aromatic carbocycles. The fourth-order valence-electron chi connectivity index (χ4n) is 3.10. The summed E-state index contributed by atoms with van der Waals surface area (Å²) in [5.41, 5.74) is 2.67. The maximum absolute atomic E-state index is 2.42. The zero-order valence-corrected chi connectivity index (χ0v) is 17.4. The fourth-order valence-corrected chi connectivity index (χ4v) is 5.96. The van der Waals surface area contributed by atoms with Crippen molar-refractivity contribution in [2.24, 2.45) is 0 Å². The van der Waals surface area contributed by atoms with Crippen molar-refractivity contribution in [1.29, 1.82) is 0 Å². The Bertz CT molecular complexity index is 946. The number of para-hydroxylation sites is 1. The molecule has 24 heavy (non-hydrogen) atoms. The molecule has 1 aromatic heterocycles. The quantitative estimate of drug-likeness (QED) is 0.360. The van der Waals surface area contributed by atoms with Crippen LogP contribution in [0.2, 0.25) is 0 Å². The minimum atomic E-state index is 0.989. The number of halogens is 1. The van der Waals surface area contributed by atoms with Gasteiger partial charge in [0.1, 0.15) is 11.2 Å². The maximum atomic E-state index is 2.42. The van der Waals surface area contributed by atoms with Crippen LogP contribution in [0.25, 0.3) is 16.3 Å². The largest absolute Gasteiger partial charge is 0.335 e. The minimum Gasteiger partial charge on any atom is -0.335 e. The highest BCUT2D eigenvalue weighted by molar-refractivity contribution is 14.1. The summed E-state index contributed by atoms with van der Waals surface area (Å²) < 4.78 is 5.05.